The van der Waals surface area contributed by atoms with Crippen LogP contribution >= 0.6 is 22.9 Å². The van der Waals surface area contributed by atoms with Gasteiger partial charge in [-0.2, -0.15) is 0 Å². The van der Waals surface area contributed by atoms with Crippen molar-refractivity contribution in [1.82, 2.24) is 4.98 Å². The second kappa shape index (κ2) is 6.74. The summed E-state index contributed by atoms with van der Waals surface area (Å²) in [6, 6.07) is 10.4. The van der Waals surface area contributed by atoms with Crippen LogP contribution in [0.4, 0.5) is 0 Å². The number of ether oxygens (including phenoxy) is 1. The maximum absolute atomic E-state index is 5.73. The highest BCUT2D eigenvalue weighted by Gasteiger charge is 1.99. The molecule has 0 saturated heterocycles. The van der Waals surface area contributed by atoms with Gasteiger partial charge in [0.2, 0.25) is 0 Å². The fourth-order valence-electron chi connectivity index (χ4n) is 1.55. The van der Waals surface area contributed by atoms with Crippen LogP contribution in [-0.2, 0) is 17.8 Å². The smallest absolute Gasteiger partial charge is 0.183 e. The predicted octanol–water partition coefficient (Wildman–Crippen LogP) is 3.95. The number of thiazole rings is 1. The Morgan fingerprint density at radius 2 is 2.06 bits per heavy atom. The topological polar surface area (TPSA) is 22.1 Å². The molecule has 2 aromatic rings. The second-order valence-corrected chi connectivity index (χ2v) is 5.42. The zero-order valence-electron chi connectivity index (χ0n) is 9.43. The van der Waals surface area contributed by atoms with E-state index in [0.717, 1.165) is 24.3 Å². The molecule has 0 bridgehead atoms. The molecule has 0 N–H and O–H groups in total. The molecule has 0 amide bonds. The van der Waals surface area contributed by atoms with Crippen molar-refractivity contribution >= 4 is 22.9 Å². The molecular formula is C13H14ClNOS. The Morgan fingerprint density at radius 1 is 1.24 bits per heavy atom. The van der Waals surface area contributed by atoms with Gasteiger partial charge < -0.3 is 4.74 Å². The van der Waals surface area contributed by atoms with Crippen LogP contribution < -0.4 is 0 Å². The first-order valence-electron chi connectivity index (χ1n) is 5.56. The number of benzene rings is 1. The van der Waals surface area contributed by atoms with Gasteiger partial charge in [-0.1, -0.05) is 41.9 Å². The molecule has 1 aromatic heterocycles. The van der Waals surface area contributed by atoms with E-state index in [1.54, 1.807) is 6.20 Å². The number of rotatable bonds is 6. The van der Waals surface area contributed by atoms with Gasteiger partial charge in [0.05, 0.1) is 11.5 Å². The summed E-state index contributed by atoms with van der Waals surface area (Å²) in [5, 5.41) is 0. The lowest BCUT2D eigenvalue weighted by Gasteiger charge is -2.02. The van der Waals surface area contributed by atoms with E-state index < -0.39 is 0 Å². The number of hydrogen-bond acceptors (Lipinski definition) is 3. The second-order valence-electron chi connectivity index (χ2n) is 3.72. The zero-order valence-corrected chi connectivity index (χ0v) is 11.0. The molecule has 0 spiro atoms. The Kier molecular flexibility index (Phi) is 4.98. The Labute approximate surface area is 110 Å². The van der Waals surface area contributed by atoms with Crippen molar-refractivity contribution in [2.24, 2.45) is 0 Å². The molecule has 0 aliphatic heterocycles. The lowest BCUT2D eigenvalue weighted by atomic mass is 10.1. The zero-order chi connectivity index (χ0) is 11.9. The van der Waals surface area contributed by atoms with E-state index in [2.05, 4.69) is 29.2 Å². The minimum atomic E-state index is 0.577. The van der Waals surface area contributed by atoms with Gasteiger partial charge in [0.25, 0.3) is 0 Å². The monoisotopic (exact) mass is 267 g/mol. The molecule has 17 heavy (non-hydrogen) atoms. The number of aryl methyl sites for hydroxylation is 1. The van der Waals surface area contributed by atoms with Crippen LogP contribution in [0, 0.1) is 0 Å². The largest absolute Gasteiger partial charge is 0.376 e. The average Bonchev–Trinajstić information content (AvgIpc) is 2.76. The van der Waals surface area contributed by atoms with Crippen molar-refractivity contribution in [2.75, 3.05) is 6.61 Å². The molecule has 0 radical (unpaired) electrons. The van der Waals surface area contributed by atoms with Crippen LogP contribution in [0.15, 0.2) is 36.5 Å². The first-order chi connectivity index (χ1) is 8.34. The van der Waals surface area contributed by atoms with Gasteiger partial charge in [0.15, 0.2) is 4.47 Å². The molecule has 4 heteroatoms. The lowest BCUT2D eigenvalue weighted by molar-refractivity contribution is 0.120. The van der Waals surface area contributed by atoms with Crippen LogP contribution in [0.3, 0.4) is 0 Å². The molecule has 2 nitrogen and oxygen atoms in total. The third kappa shape index (κ3) is 4.46. The van der Waals surface area contributed by atoms with Crippen molar-refractivity contribution in [3.63, 3.8) is 0 Å². The quantitative estimate of drug-likeness (QED) is 0.740. The summed E-state index contributed by atoms with van der Waals surface area (Å²) < 4.78 is 6.14. The summed E-state index contributed by atoms with van der Waals surface area (Å²) >= 11 is 7.20. The van der Waals surface area contributed by atoms with Gasteiger partial charge in [-0.05, 0) is 18.4 Å². The highest BCUT2D eigenvalue weighted by Crippen LogP contribution is 2.18. The van der Waals surface area contributed by atoms with Crippen LogP contribution in [-0.4, -0.2) is 11.6 Å². The van der Waals surface area contributed by atoms with Gasteiger partial charge >= 0.3 is 0 Å². The van der Waals surface area contributed by atoms with E-state index in [9.17, 15) is 0 Å². The maximum Gasteiger partial charge on any atom is 0.183 e. The summed E-state index contributed by atoms with van der Waals surface area (Å²) in [7, 11) is 0. The van der Waals surface area contributed by atoms with Gasteiger partial charge in [0.1, 0.15) is 0 Å². The summed E-state index contributed by atoms with van der Waals surface area (Å²) in [4.78, 5) is 5.05. The van der Waals surface area contributed by atoms with Crippen LogP contribution in [0.5, 0.6) is 0 Å². The van der Waals surface area contributed by atoms with E-state index in [4.69, 9.17) is 16.3 Å². The van der Waals surface area contributed by atoms with E-state index in [1.165, 1.54) is 16.9 Å². The fourth-order valence-corrected chi connectivity index (χ4v) is 2.46. The van der Waals surface area contributed by atoms with Crippen molar-refractivity contribution < 1.29 is 4.74 Å². The number of halogens is 1. The summed E-state index contributed by atoms with van der Waals surface area (Å²) in [6.07, 6.45) is 3.87. The first kappa shape index (κ1) is 12.6. The Hall–Kier alpha value is -0.900. The van der Waals surface area contributed by atoms with Crippen molar-refractivity contribution in [1.29, 1.82) is 0 Å². The minimum absolute atomic E-state index is 0.577. The van der Waals surface area contributed by atoms with E-state index in [-0.39, 0.29) is 0 Å². The molecule has 90 valence electrons. The van der Waals surface area contributed by atoms with E-state index in [0.29, 0.717) is 11.1 Å². The SMILES string of the molecule is Clc1ncc(COCCCc2ccccc2)s1. The number of nitrogens with zero attached hydrogens (tertiary/aromatic N) is 1. The number of hydrogen-bond donors (Lipinski definition) is 0. The highest BCUT2D eigenvalue weighted by atomic mass is 35.5. The minimum Gasteiger partial charge on any atom is -0.376 e. The Balaban J connectivity index is 1.61. The standard InChI is InChI=1S/C13H14ClNOS/c14-13-15-9-12(17-13)10-16-8-4-7-11-5-2-1-3-6-11/h1-3,5-6,9H,4,7-8,10H2. The molecular weight excluding hydrogens is 254 g/mol. The number of aromatic nitrogens is 1. The predicted molar refractivity (Wildman–Crippen MR) is 71.5 cm³/mol. The first-order valence-corrected chi connectivity index (χ1v) is 6.76. The van der Waals surface area contributed by atoms with E-state index >= 15 is 0 Å². The Morgan fingerprint density at radius 3 is 2.76 bits per heavy atom. The lowest BCUT2D eigenvalue weighted by Crippen LogP contribution is -1.96. The molecule has 0 aliphatic carbocycles. The summed E-state index contributed by atoms with van der Waals surface area (Å²) in [5.41, 5.74) is 1.36. The Bertz CT molecular complexity index is 444. The third-order valence-electron chi connectivity index (χ3n) is 2.37. The van der Waals surface area contributed by atoms with Crippen LogP contribution in [0.1, 0.15) is 16.9 Å². The molecule has 0 fully saturated rings. The maximum atomic E-state index is 5.73. The fraction of sp³-hybridized carbons (Fsp3) is 0.308. The average molecular weight is 268 g/mol. The molecule has 0 atom stereocenters. The molecule has 1 aromatic carbocycles. The van der Waals surface area contributed by atoms with E-state index in [1.807, 2.05) is 6.07 Å². The van der Waals surface area contributed by atoms with Gasteiger partial charge in [-0.3, -0.25) is 0 Å². The molecule has 2 rings (SSSR count). The van der Waals surface area contributed by atoms with Gasteiger partial charge in [-0.15, -0.1) is 11.3 Å². The normalized spacial score (nSPS) is 10.6. The molecule has 1 heterocycles. The highest BCUT2D eigenvalue weighted by molar-refractivity contribution is 7.15. The van der Waals surface area contributed by atoms with Crippen LogP contribution in [0.25, 0.3) is 0 Å². The third-order valence-corrected chi connectivity index (χ3v) is 3.45. The molecule has 0 saturated carbocycles. The summed E-state index contributed by atoms with van der Waals surface area (Å²) in [6.45, 7) is 1.38. The van der Waals surface area contributed by atoms with Crippen molar-refractivity contribution in [2.45, 2.75) is 19.4 Å². The van der Waals surface area contributed by atoms with Gasteiger partial charge in [-0.25, -0.2) is 4.98 Å². The summed E-state index contributed by atoms with van der Waals surface area (Å²) in [5.74, 6) is 0. The molecule has 0 aliphatic rings. The van der Waals surface area contributed by atoms with Crippen molar-refractivity contribution in [3.8, 4) is 0 Å². The van der Waals surface area contributed by atoms with Crippen LogP contribution in [0.2, 0.25) is 4.47 Å². The molecule has 0 unspecified atom stereocenters. The van der Waals surface area contributed by atoms with Gasteiger partial charge in [0, 0.05) is 12.8 Å². The van der Waals surface area contributed by atoms with Crippen molar-refractivity contribution in [3.05, 3.63) is 51.4 Å².